The Morgan fingerprint density at radius 1 is 1.26 bits per heavy atom. The average Bonchev–Trinajstić information content (AvgIpc) is 2.39. The Hall–Kier alpha value is -1.64. The van der Waals surface area contributed by atoms with Gasteiger partial charge in [0.1, 0.15) is 12.4 Å². The van der Waals surface area contributed by atoms with Crippen LogP contribution in [0.2, 0.25) is 0 Å². The molecule has 0 saturated carbocycles. The average molecular weight is 261 g/mol. The Balaban J connectivity index is 2.65. The van der Waals surface area contributed by atoms with Gasteiger partial charge in [0.05, 0.1) is 5.71 Å². The van der Waals surface area contributed by atoms with Crippen LogP contribution in [0.3, 0.4) is 0 Å². The number of Topliss-reactive ketones (excluding diaryl/α,β-unsaturated/α-hetero) is 1. The molecule has 0 amide bonds. The van der Waals surface area contributed by atoms with E-state index in [9.17, 15) is 4.79 Å². The number of carbonyl (C=O) groups excluding carboxylic acids is 1. The molecule has 1 atom stereocenters. The highest BCUT2D eigenvalue weighted by Crippen LogP contribution is 2.12. The lowest BCUT2D eigenvalue weighted by Gasteiger charge is -2.08. The van der Waals surface area contributed by atoms with Gasteiger partial charge in [0, 0.05) is 5.92 Å². The third kappa shape index (κ3) is 5.25. The molecule has 0 radical (unpaired) electrons. The maximum Gasteiger partial charge on any atom is 0.132 e. The molecular weight excluding hydrogens is 238 g/mol. The molecular formula is C16H23NO2. The number of ketones is 1. The van der Waals surface area contributed by atoms with Gasteiger partial charge in [0.25, 0.3) is 0 Å². The van der Waals surface area contributed by atoms with Crippen LogP contribution in [0.4, 0.5) is 0 Å². The Kier molecular flexibility index (Phi) is 6.26. The van der Waals surface area contributed by atoms with Gasteiger partial charge in [-0.1, -0.05) is 43.3 Å². The standard InChI is InChI=1S/C16H23NO2/c1-5-10-19-17-13(3)16-8-6-15(7-9-16)11-12(2)14(4)18/h6-9,12H,5,10-11H2,1-4H3/b17-13+/t12-/m0/s1. The summed E-state index contributed by atoms with van der Waals surface area (Å²) < 4.78 is 0. The first kappa shape index (κ1) is 15.4. The molecule has 0 aliphatic rings. The van der Waals surface area contributed by atoms with E-state index in [4.69, 9.17) is 4.84 Å². The molecule has 19 heavy (non-hydrogen) atoms. The van der Waals surface area contributed by atoms with Crippen molar-refractivity contribution in [3.8, 4) is 0 Å². The third-order valence-electron chi connectivity index (χ3n) is 3.10. The third-order valence-corrected chi connectivity index (χ3v) is 3.10. The highest BCUT2D eigenvalue weighted by Gasteiger charge is 2.08. The summed E-state index contributed by atoms with van der Waals surface area (Å²) in [4.78, 5) is 16.4. The summed E-state index contributed by atoms with van der Waals surface area (Å²) in [5.74, 6) is 0.309. The van der Waals surface area contributed by atoms with Gasteiger partial charge in [-0.2, -0.15) is 0 Å². The van der Waals surface area contributed by atoms with E-state index in [-0.39, 0.29) is 11.7 Å². The van der Waals surface area contributed by atoms with Gasteiger partial charge in [-0.05, 0) is 37.8 Å². The van der Waals surface area contributed by atoms with Crippen molar-refractivity contribution >= 4 is 11.5 Å². The first-order chi connectivity index (χ1) is 9.04. The molecule has 0 unspecified atom stereocenters. The largest absolute Gasteiger partial charge is 0.396 e. The number of hydrogen-bond acceptors (Lipinski definition) is 3. The van der Waals surface area contributed by atoms with Gasteiger partial charge in [-0.3, -0.25) is 4.79 Å². The lowest BCUT2D eigenvalue weighted by atomic mass is 9.97. The van der Waals surface area contributed by atoms with Crippen molar-refractivity contribution in [2.75, 3.05) is 6.61 Å². The monoisotopic (exact) mass is 261 g/mol. The van der Waals surface area contributed by atoms with Crippen molar-refractivity contribution in [3.05, 3.63) is 35.4 Å². The normalized spacial score (nSPS) is 13.2. The molecule has 0 aromatic heterocycles. The van der Waals surface area contributed by atoms with Crippen LogP contribution < -0.4 is 0 Å². The van der Waals surface area contributed by atoms with Gasteiger partial charge in [-0.15, -0.1) is 0 Å². The molecule has 0 N–H and O–H groups in total. The minimum atomic E-state index is 0.0773. The second-order valence-corrected chi connectivity index (χ2v) is 4.92. The quantitative estimate of drug-likeness (QED) is 0.427. The van der Waals surface area contributed by atoms with E-state index in [1.165, 1.54) is 5.56 Å². The highest BCUT2D eigenvalue weighted by molar-refractivity contribution is 5.98. The number of nitrogens with zero attached hydrogens (tertiary/aromatic N) is 1. The molecule has 104 valence electrons. The molecule has 0 aliphatic heterocycles. The van der Waals surface area contributed by atoms with Crippen LogP contribution in [0, 0.1) is 5.92 Å². The van der Waals surface area contributed by atoms with Crippen molar-refractivity contribution in [2.45, 2.75) is 40.5 Å². The topological polar surface area (TPSA) is 38.7 Å². The van der Waals surface area contributed by atoms with Gasteiger partial charge in [-0.25, -0.2) is 0 Å². The number of rotatable bonds is 7. The fraction of sp³-hybridized carbons (Fsp3) is 0.500. The first-order valence-electron chi connectivity index (χ1n) is 6.81. The SMILES string of the molecule is CCCO/N=C(\C)c1ccc(C[C@H](C)C(C)=O)cc1. The molecule has 0 fully saturated rings. The predicted molar refractivity (Wildman–Crippen MR) is 78.4 cm³/mol. The molecule has 0 bridgehead atoms. The van der Waals surface area contributed by atoms with E-state index in [0.717, 1.165) is 24.1 Å². The van der Waals surface area contributed by atoms with Crippen LogP contribution in [-0.4, -0.2) is 18.1 Å². The molecule has 0 aliphatic carbocycles. The zero-order chi connectivity index (χ0) is 14.3. The van der Waals surface area contributed by atoms with Crippen LogP contribution >= 0.6 is 0 Å². The summed E-state index contributed by atoms with van der Waals surface area (Å²) in [6.07, 6.45) is 1.75. The fourth-order valence-electron chi connectivity index (χ4n) is 1.67. The van der Waals surface area contributed by atoms with E-state index in [1.807, 2.05) is 38.1 Å². The summed E-state index contributed by atoms with van der Waals surface area (Å²) in [5.41, 5.74) is 3.10. The Labute approximate surface area is 115 Å². The summed E-state index contributed by atoms with van der Waals surface area (Å²) in [6, 6.07) is 8.15. The van der Waals surface area contributed by atoms with E-state index in [0.29, 0.717) is 6.61 Å². The van der Waals surface area contributed by atoms with E-state index in [2.05, 4.69) is 12.1 Å². The van der Waals surface area contributed by atoms with Crippen molar-refractivity contribution in [2.24, 2.45) is 11.1 Å². The molecule has 1 aromatic carbocycles. The lowest BCUT2D eigenvalue weighted by Crippen LogP contribution is -2.09. The Bertz CT molecular complexity index is 435. The summed E-state index contributed by atoms with van der Waals surface area (Å²) >= 11 is 0. The number of hydrogen-bond donors (Lipinski definition) is 0. The zero-order valence-corrected chi connectivity index (χ0v) is 12.3. The summed E-state index contributed by atoms with van der Waals surface area (Å²) in [7, 11) is 0. The molecule has 1 rings (SSSR count). The van der Waals surface area contributed by atoms with Crippen LogP contribution in [0.5, 0.6) is 0 Å². The van der Waals surface area contributed by atoms with Crippen LogP contribution in [0.15, 0.2) is 29.4 Å². The number of carbonyl (C=O) groups is 1. The zero-order valence-electron chi connectivity index (χ0n) is 12.3. The van der Waals surface area contributed by atoms with Crippen molar-refractivity contribution in [1.82, 2.24) is 0 Å². The minimum Gasteiger partial charge on any atom is -0.396 e. The Morgan fingerprint density at radius 3 is 2.42 bits per heavy atom. The predicted octanol–water partition coefficient (Wildman–Crippen LogP) is 3.60. The number of benzene rings is 1. The maximum absolute atomic E-state index is 11.2. The van der Waals surface area contributed by atoms with Gasteiger partial charge >= 0.3 is 0 Å². The van der Waals surface area contributed by atoms with Crippen molar-refractivity contribution in [3.63, 3.8) is 0 Å². The van der Waals surface area contributed by atoms with Crippen LogP contribution in [-0.2, 0) is 16.1 Å². The second-order valence-electron chi connectivity index (χ2n) is 4.92. The van der Waals surface area contributed by atoms with E-state index < -0.39 is 0 Å². The van der Waals surface area contributed by atoms with E-state index >= 15 is 0 Å². The van der Waals surface area contributed by atoms with Gasteiger partial charge < -0.3 is 4.84 Å². The van der Waals surface area contributed by atoms with E-state index in [1.54, 1.807) is 6.92 Å². The Morgan fingerprint density at radius 2 is 1.89 bits per heavy atom. The second kappa shape index (κ2) is 7.72. The molecule has 3 heteroatoms. The maximum atomic E-state index is 11.2. The van der Waals surface area contributed by atoms with Gasteiger partial charge in [0.2, 0.25) is 0 Å². The molecule has 1 aromatic rings. The first-order valence-corrected chi connectivity index (χ1v) is 6.81. The van der Waals surface area contributed by atoms with Gasteiger partial charge in [0.15, 0.2) is 0 Å². The van der Waals surface area contributed by atoms with Crippen LogP contribution in [0.25, 0.3) is 0 Å². The van der Waals surface area contributed by atoms with Crippen LogP contribution in [0.1, 0.15) is 45.2 Å². The highest BCUT2D eigenvalue weighted by atomic mass is 16.6. The molecule has 0 spiro atoms. The molecule has 0 saturated heterocycles. The fourth-order valence-corrected chi connectivity index (χ4v) is 1.67. The smallest absolute Gasteiger partial charge is 0.132 e. The summed E-state index contributed by atoms with van der Waals surface area (Å²) in [5, 5.41) is 4.07. The molecule has 3 nitrogen and oxygen atoms in total. The number of oxime groups is 1. The van der Waals surface area contributed by atoms with Crippen molar-refractivity contribution < 1.29 is 9.63 Å². The lowest BCUT2D eigenvalue weighted by molar-refractivity contribution is -0.120. The summed E-state index contributed by atoms with van der Waals surface area (Å²) in [6.45, 7) is 8.23. The van der Waals surface area contributed by atoms with Crippen molar-refractivity contribution in [1.29, 1.82) is 0 Å². The minimum absolute atomic E-state index is 0.0773. The molecule has 0 heterocycles.